The maximum atomic E-state index is 11.5. The SMILES string of the molecule is CCC(CC)C(=O)NCC(C)(C)N.CCN(CC)CC. The highest BCUT2D eigenvalue weighted by molar-refractivity contribution is 5.78. The number of nitrogens with zero attached hydrogens (tertiary/aromatic N) is 1. The van der Waals surface area contributed by atoms with Gasteiger partial charge in [0.2, 0.25) is 5.91 Å². The molecule has 0 bridgehead atoms. The molecule has 0 aromatic carbocycles. The molecule has 0 unspecified atom stereocenters. The highest BCUT2D eigenvalue weighted by Gasteiger charge is 2.17. The lowest BCUT2D eigenvalue weighted by molar-refractivity contribution is -0.125. The molecule has 0 rings (SSSR count). The van der Waals surface area contributed by atoms with Gasteiger partial charge in [-0.2, -0.15) is 0 Å². The van der Waals surface area contributed by atoms with E-state index in [-0.39, 0.29) is 17.4 Å². The lowest BCUT2D eigenvalue weighted by Gasteiger charge is -2.21. The van der Waals surface area contributed by atoms with Crippen LogP contribution in [0.5, 0.6) is 0 Å². The van der Waals surface area contributed by atoms with Gasteiger partial charge in [0.15, 0.2) is 0 Å². The highest BCUT2D eigenvalue weighted by Crippen LogP contribution is 2.07. The Hall–Kier alpha value is -0.610. The average Bonchev–Trinajstić information content (AvgIpc) is 2.40. The molecule has 1 amide bonds. The van der Waals surface area contributed by atoms with Crippen LogP contribution in [0.15, 0.2) is 0 Å². The molecular formula is C16H37N3O. The van der Waals surface area contributed by atoms with E-state index < -0.39 is 0 Å². The molecule has 4 nitrogen and oxygen atoms in total. The molecule has 0 spiro atoms. The number of rotatable bonds is 8. The van der Waals surface area contributed by atoms with Crippen LogP contribution in [0.25, 0.3) is 0 Å². The van der Waals surface area contributed by atoms with Crippen molar-refractivity contribution in [3.05, 3.63) is 0 Å². The molecule has 0 radical (unpaired) electrons. The number of nitrogens with one attached hydrogen (secondary N) is 1. The average molecular weight is 287 g/mol. The van der Waals surface area contributed by atoms with Gasteiger partial charge in [0.25, 0.3) is 0 Å². The van der Waals surface area contributed by atoms with Crippen molar-refractivity contribution in [3.63, 3.8) is 0 Å². The Morgan fingerprint density at radius 2 is 1.45 bits per heavy atom. The van der Waals surface area contributed by atoms with E-state index in [9.17, 15) is 4.79 Å². The molecule has 20 heavy (non-hydrogen) atoms. The van der Waals surface area contributed by atoms with Gasteiger partial charge in [-0.25, -0.2) is 0 Å². The zero-order valence-electron chi connectivity index (χ0n) is 14.8. The summed E-state index contributed by atoms with van der Waals surface area (Å²) in [6.45, 7) is 18.5. The van der Waals surface area contributed by atoms with Gasteiger partial charge in [-0.3, -0.25) is 4.79 Å². The zero-order chi connectivity index (χ0) is 16.2. The molecule has 4 heteroatoms. The summed E-state index contributed by atoms with van der Waals surface area (Å²) < 4.78 is 0. The quantitative estimate of drug-likeness (QED) is 0.721. The van der Waals surface area contributed by atoms with Crippen LogP contribution in [0, 0.1) is 5.92 Å². The summed E-state index contributed by atoms with van der Waals surface area (Å²) in [5, 5.41) is 2.86. The van der Waals surface area contributed by atoms with Gasteiger partial charge in [0, 0.05) is 18.0 Å². The summed E-state index contributed by atoms with van der Waals surface area (Å²) in [6, 6.07) is 0. The maximum Gasteiger partial charge on any atom is 0.223 e. The Balaban J connectivity index is 0. The molecule has 3 N–H and O–H groups in total. The van der Waals surface area contributed by atoms with Crippen LogP contribution < -0.4 is 11.1 Å². The summed E-state index contributed by atoms with van der Waals surface area (Å²) in [6.07, 6.45) is 1.79. The minimum atomic E-state index is -0.318. The first-order chi connectivity index (χ1) is 9.25. The van der Waals surface area contributed by atoms with E-state index in [1.807, 2.05) is 27.7 Å². The van der Waals surface area contributed by atoms with Gasteiger partial charge >= 0.3 is 0 Å². The first-order valence-electron chi connectivity index (χ1n) is 8.04. The number of nitrogens with two attached hydrogens (primary N) is 1. The third-order valence-corrected chi connectivity index (χ3v) is 3.42. The fourth-order valence-corrected chi connectivity index (χ4v) is 1.79. The second-order valence-electron chi connectivity index (χ2n) is 5.84. The standard InChI is InChI=1S/C10H22N2O.C6H15N/c1-5-8(6-2)9(13)12-7-10(3,4)11;1-4-7(5-2)6-3/h8H,5-7,11H2,1-4H3,(H,12,13);4-6H2,1-3H3. The number of hydrogen-bond acceptors (Lipinski definition) is 3. The zero-order valence-corrected chi connectivity index (χ0v) is 14.8. The Morgan fingerprint density at radius 1 is 1.05 bits per heavy atom. The van der Waals surface area contributed by atoms with Gasteiger partial charge in [-0.15, -0.1) is 0 Å². The molecule has 122 valence electrons. The van der Waals surface area contributed by atoms with Crippen molar-refractivity contribution >= 4 is 5.91 Å². The summed E-state index contributed by atoms with van der Waals surface area (Å²) >= 11 is 0. The third-order valence-electron chi connectivity index (χ3n) is 3.42. The first kappa shape index (κ1) is 21.7. The first-order valence-corrected chi connectivity index (χ1v) is 8.04. The van der Waals surface area contributed by atoms with Crippen LogP contribution in [0.4, 0.5) is 0 Å². The predicted octanol–water partition coefficient (Wildman–Crippen LogP) is 2.62. The van der Waals surface area contributed by atoms with E-state index in [2.05, 4.69) is 31.0 Å². The minimum Gasteiger partial charge on any atom is -0.354 e. The minimum absolute atomic E-state index is 0.128. The van der Waals surface area contributed by atoms with Crippen LogP contribution in [-0.2, 0) is 4.79 Å². The second-order valence-corrected chi connectivity index (χ2v) is 5.84. The van der Waals surface area contributed by atoms with Gasteiger partial charge in [-0.1, -0.05) is 34.6 Å². The predicted molar refractivity (Wildman–Crippen MR) is 88.8 cm³/mol. The molecular weight excluding hydrogens is 250 g/mol. The van der Waals surface area contributed by atoms with Gasteiger partial charge in [0.1, 0.15) is 0 Å². The van der Waals surface area contributed by atoms with Crippen LogP contribution in [-0.4, -0.2) is 42.5 Å². The molecule has 0 aromatic rings. The largest absolute Gasteiger partial charge is 0.354 e. The van der Waals surface area contributed by atoms with Crippen molar-refractivity contribution in [2.75, 3.05) is 26.2 Å². The van der Waals surface area contributed by atoms with E-state index >= 15 is 0 Å². The lowest BCUT2D eigenvalue weighted by atomic mass is 10.0. The molecule has 0 saturated heterocycles. The number of carbonyl (C=O) groups excluding carboxylic acids is 1. The van der Waals surface area contributed by atoms with E-state index in [1.165, 1.54) is 19.6 Å². The normalized spacial score (nSPS) is 11.3. The topological polar surface area (TPSA) is 58.4 Å². The molecule has 0 fully saturated rings. The summed E-state index contributed by atoms with van der Waals surface area (Å²) in [5.74, 6) is 0.269. The summed E-state index contributed by atoms with van der Waals surface area (Å²) in [4.78, 5) is 13.9. The fourth-order valence-electron chi connectivity index (χ4n) is 1.79. The third kappa shape index (κ3) is 12.4. The van der Waals surface area contributed by atoms with Crippen molar-refractivity contribution in [1.29, 1.82) is 0 Å². The fraction of sp³-hybridized carbons (Fsp3) is 0.938. The molecule has 0 saturated carbocycles. The second kappa shape index (κ2) is 12.2. The van der Waals surface area contributed by atoms with Gasteiger partial charge in [0.05, 0.1) is 0 Å². The van der Waals surface area contributed by atoms with Crippen LogP contribution in [0.2, 0.25) is 0 Å². The van der Waals surface area contributed by atoms with Crippen LogP contribution in [0.1, 0.15) is 61.3 Å². The Morgan fingerprint density at radius 3 is 1.65 bits per heavy atom. The molecule has 0 aliphatic heterocycles. The monoisotopic (exact) mass is 287 g/mol. The highest BCUT2D eigenvalue weighted by atomic mass is 16.1. The van der Waals surface area contributed by atoms with Crippen molar-refractivity contribution in [3.8, 4) is 0 Å². The summed E-state index contributed by atoms with van der Waals surface area (Å²) in [7, 11) is 0. The number of hydrogen-bond donors (Lipinski definition) is 2. The molecule has 0 heterocycles. The van der Waals surface area contributed by atoms with Crippen molar-refractivity contribution in [2.24, 2.45) is 11.7 Å². The van der Waals surface area contributed by atoms with E-state index in [4.69, 9.17) is 5.73 Å². The Kier molecular flexibility index (Phi) is 13.2. The lowest BCUT2D eigenvalue weighted by Crippen LogP contribution is -2.46. The molecule has 0 aromatic heterocycles. The number of amides is 1. The van der Waals surface area contributed by atoms with Crippen molar-refractivity contribution in [1.82, 2.24) is 10.2 Å². The van der Waals surface area contributed by atoms with Gasteiger partial charge in [-0.05, 0) is 46.3 Å². The van der Waals surface area contributed by atoms with E-state index in [0.717, 1.165) is 12.8 Å². The van der Waals surface area contributed by atoms with Gasteiger partial charge < -0.3 is 16.0 Å². The number of carbonyl (C=O) groups is 1. The molecule has 0 atom stereocenters. The van der Waals surface area contributed by atoms with Crippen LogP contribution in [0.3, 0.4) is 0 Å². The van der Waals surface area contributed by atoms with Crippen molar-refractivity contribution < 1.29 is 4.79 Å². The summed E-state index contributed by atoms with van der Waals surface area (Å²) in [5.41, 5.74) is 5.43. The van der Waals surface area contributed by atoms with Crippen molar-refractivity contribution in [2.45, 2.75) is 66.8 Å². The van der Waals surface area contributed by atoms with E-state index in [0.29, 0.717) is 6.54 Å². The molecule has 0 aliphatic carbocycles. The Bertz CT molecular complexity index is 223. The maximum absolute atomic E-state index is 11.5. The van der Waals surface area contributed by atoms with Crippen LogP contribution >= 0.6 is 0 Å². The Labute approximate surface area is 126 Å². The molecule has 0 aliphatic rings. The van der Waals surface area contributed by atoms with E-state index in [1.54, 1.807) is 0 Å². The smallest absolute Gasteiger partial charge is 0.223 e.